The average Bonchev–Trinajstić information content (AvgIpc) is 2.45. The summed E-state index contributed by atoms with van der Waals surface area (Å²) >= 11 is 5.53. The van der Waals surface area contributed by atoms with Crippen molar-refractivity contribution in [2.24, 2.45) is 5.73 Å². The third-order valence-electron chi connectivity index (χ3n) is 2.46. The quantitative estimate of drug-likeness (QED) is 0.658. The Kier molecular flexibility index (Phi) is 9.63. The molecule has 1 rings (SSSR count). The maximum Gasteiger partial charge on any atom is 0.248 e. The van der Waals surface area contributed by atoms with E-state index in [1.807, 2.05) is 37.3 Å². The number of amides is 1. The van der Waals surface area contributed by atoms with Crippen LogP contribution in [0.5, 0.6) is 0 Å². The summed E-state index contributed by atoms with van der Waals surface area (Å²) in [4.78, 5) is 11.1. The highest BCUT2D eigenvalue weighted by Gasteiger charge is 2.03. The molecule has 106 valence electrons. The highest BCUT2D eigenvalue weighted by atomic mass is 35.5. The van der Waals surface area contributed by atoms with E-state index in [4.69, 9.17) is 17.3 Å². The van der Waals surface area contributed by atoms with Gasteiger partial charge >= 0.3 is 0 Å². The minimum atomic E-state index is -0.0631. The SMILES string of the molecule is CCCNC(=O)/C(C)=C(/C)N.ClCc1ccccc1. The second kappa shape index (κ2) is 10.4. The van der Waals surface area contributed by atoms with Gasteiger partial charge in [-0.3, -0.25) is 4.79 Å². The Bertz CT molecular complexity index is 398. The Hall–Kier alpha value is -1.48. The number of carbonyl (C=O) groups is 1. The average molecular weight is 283 g/mol. The van der Waals surface area contributed by atoms with Crippen LogP contribution in [0.1, 0.15) is 32.8 Å². The van der Waals surface area contributed by atoms with Crippen LogP contribution in [0.3, 0.4) is 0 Å². The van der Waals surface area contributed by atoms with Gasteiger partial charge in [0.2, 0.25) is 5.91 Å². The molecule has 0 heterocycles. The number of allylic oxidation sites excluding steroid dienone is 1. The fraction of sp³-hybridized carbons (Fsp3) is 0.400. The zero-order valence-corrected chi connectivity index (χ0v) is 12.6. The first-order chi connectivity index (χ1) is 9.02. The molecule has 0 fully saturated rings. The van der Waals surface area contributed by atoms with E-state index in [0.717, 1.165) is 6.42 Å². The van der Waals surface area contributed by atoms with Gasteiger partial charge in [-0.15, -0.1) is 11.6 Å². The fourth-order valence-electron chi connectivity index (χ4n) is 1.12. The first-order valence-corrected chi connectivity index (χ1v) is 6.87. The maximum absolute atomic E-state index is 11.1. The Morgan fingerprint density at radius 1 is 1.26 bits per heavy atom. The van der Waals surface area contributed by atoms with Crippen molar-refractivity contribution in [1.29, 1.82) is 0 Å². The third-order valence-corrected chi connectivity index (χ3v) is 2.77. The largest absolute Gasteiger partial charge is 0.402 e. The monoisotopic (exact) mass is 282 g/mol. The van der Waals surface area contributed by atoms with Gasteiger partial charge in [-0.05, 0) is 25.8 Å². The summed E-state index contributed by atoms with van der Waals surface area (Å²) in [5, 5.41) is 2.74. The summed E-state index contributed by atoms with van der Waals surface area (Å²) in [5.74, 6) is 0.549. The molecule has 0 aliphatic heterocycles. The predicted molar refractivity (Wildman–Crippen MR) is 81.9 cm³/mol. The smallest absolute Gasteiger partial charge is 0.248 e. The zero-order chi connectivity index (χ0) is 14.7. The van der Waals surface area contributed by atoms with E-state index < -0.39 is 0 Å². The predicted octanol–water partition coefficient (Wildman–Crippen LogP) is 3.19. The number of hydrogen-bond donors (Lipinski definition) is 2. The fourth-order valence-corrected chi connectivity index (χ4v) is 1.30. The lowest BCUT2D eigenvalue weighted by Gasteiger charge is -2.04. The van der Waals surface area contributed by atoms with Crippen LogP contribution in [0.2, 0.25) is 0 Å². The minimum absolute atomic E-state index is 0.0631. The third kappa shape index (κ3) is 8.27. The van der Waals surface area contributed by atoms with E-state index in [2.05, 4.69) is 5.32 Å². The van der Waals surface area contributed by atoms with Crippen LogP contribution < -0.4 is 11.1 Å². The number of nitrogens with two attached hydrogens (primary N) is 1. The van der Waals surface area contributed by atoms with Crippen molar-refractivity contribution >= 4 is 17.5 Å². The molecule has 0 saturated heterocycles. The van der Waals surface area contributed by atoms with Gasteiger partial charge in [0.15, 0.2) is 0 Å². The molecule has 4 heteroatoms. The normalized spacial score (nSPS) is 10.9. The number of halogens is 1. The van der Waals surface area contributed by atoms with E-state index in [1.54, 1.807) is 13.8 Å². The van der Waals surface area contributed by atoms with Crippen molar-refractivity contribution in [3.8, 4) is 0 Å². The molecule has 0 aliphatic carbocycles. The van der Waals surface area contributed by atoms with Crippen molar-refractivity contribution in [2.45, 2.75) is 33.1 Å². The van der Waals surface area contributed by atoms with Crippen LogP contribution in [-0.4, -0.2) is 12.5 Å². The Labute approximate surface area is 120 Å². The molecular weight excluding hydrogens is 260 g/mol. The van der Waals surface area contributed by atoms with Gasteiger partial charge in [0.1, 0.15) is 0 Å². The molecule has 0 bridgehead atoms. The molecule has 1 aromatic rings. The molecule has 1 amide bonds. The summed E-state index contributed by atoms with van der Waals surface area (Å²) < 4.78 is 0. The summed E-state index contributed by atoms with van der Waals surface area (Å²) in [6, 6.07) is 9.96. The number of benzene rings is 1. The van der Waals surface area contributed by atoms with Gasteiger partial charge in [0.05, 0.1) is 0 Å². The van der Waals surface area contributed by atoms with E-state index in [1.165, 1.54) is 5.56 Å². The second-order valence-corrected chi connectivity index (χ2v) is 4.45. The molecule has 0 spiro atoms. The van der Waals surface area contributed by atoms with Gasteiger partial charge in [0.25, 0.3) is 0 Å². The summed E-state index contributed by atoms with van der Waals surface area (Å²) in [6.45, 7) is 6.17. The van der Waals surface area contributed by atoms with Crippen LogP contribution in [0.25, 0.3) is 0 Å². The van der Waals surface area contributed by atoms with Crippen LogP contribution in [0.4, 0.5) is 0 Å². The molecule has 0 radical (unpaired) electrons. The van der Waals surface area contributed by atoms with Gasteiger partial charge in [-0.25, -0.2) is 0 Å². The highest BCUT2D eigenvalue weighted by Crippen LogP contribution is 2.00. The summed E-state index contributed by atoms with van der Waals surface area (Å²) in [6.07, 6.45) is 0.947. The second-order valence-electron chi connectivity index (χ2n) is 4.18. The summed E-state index contributed by atoms with van der Waals surface area (Å²) in [5.41, 5.74) is 7.79. The lowest BCUT2D eigenvalue weighted by atomic mass is 10.2. The van der Waals surface area contributed by atoms with Crippen molar-refractivity contribution < 1.29 is 4.79 Å². The van der Waals surface area contributed by atoms with Gasteiger partial charge < -0.3 is 11.1 Å². The zero-order valence-electron chi connectivity index (χ0n) is 11.9. The van der Waals surface area contributed by atoms with Crippen LogP contribution >= 0.6 is 11.6 Å². The van der Waals surface area contributed by atoms with E-state index in [9.17, 15) is 4.79 Å². The molecule has 0 aliphatic rings. The molecule has 0 saturated carbocycles. The molecule has 0 aromatic heterocycles. The van der Waals surface area contributed by atoms with E-state index >= 15 is 0 Å². The summed E-state index contributed by atoms with van der Waals surface area (Å²) in [7, 11) is 0. The van der Waals surface area contributed by atoms with Crippen LogP contribution in [0, 0.1) is 0 Å². The lowest BCUT2D eigenvalue weighted by molar-refractivity contribution is -0.117. The van der Waals surface area contributed by atoms with Crippen molar-refractivity contribution in [3.63, 3.8) is 0 Å². The molecular formula is C15H23ClN2O. The molecule has 0 unspecified atom stereocenters. The number of alkyl halides is 1. The molecule has 1 aromatic carbocycles. The van der Waals surface area contributed by atoms with Crippen molar-refractivity contribution in [3.05, 3.63) is 47.2 Å². The first-order valence-electron chi connectivity index (χ1n) is 6.33. The molecule has 3 N–H and O–H groups in total. The Morgan fingerprint density at radius 2 is 1.84 bits per heavy atom. The van der Waals surface area contributed by atoms with Gasteiger partial charge in [-0.2, -0.15) is 0 Å². The topological polar surface area (TPSA) is 55.1 Å². The number of carbonyl (C=O) groups excluding carboxylic acids is 1. The lowest BCUT2D eigenvalue weighted by Crippen LogP contribution is -2.26. The van der Waals surface area contributed by atoms with Crippen molar-refractivity contribution in [1.82, 2.24) is 5.32 Å². The number of nitrogens with one attached hydrogen (secondary N) is 1. The highest BCUT2D eigenvalue weighted by molar-refractivity contribution is 6.17. The van der Waals surface area contributed by atoms with E-state index in [0.29, 0.717) is 23.7 Å². The van der Waals surface area contributed by atoms with Crippen LogP contribution in [0.15, 0.2) is 41.6 Å². The first kappa shape index (κ1) is 17.5. The standard InChI is InChI=1S/C8H16N2O.C7H7Cl/c1-4-5-10-8(11)6(2)7(3)9;8-6-7-4-2-1-3-5-7/h4-5,9H2,1-3H3,(H,10,11);1-5H,6H2/b7-6-;. The van der Waals surface area contributed by atoms with Crippen molar-refractivity contribution in [2.75, 3.05) is 6.54 Å². The Balaban J connectivity index is 0.000000356. The Morgan fingerprint density at radius 3 is 2.21 bits per heavy atom. The van der Waals surface area contributed by atoms with Crippen LogP contribution in [-0.2, 0) is 10.7 Å². The molecule has 0 atom stereocenters. The minimum Gasteiger partial charge on any atom is -0.402 e. The molecule has 19 heavy (non-hydrogen) atoms. The number of hydrogen-bond acceptors (Lipinski definition) is 2. The van der Waals surface area contributed by atoms with Gasteiger partial charge in [-0.1, -0.05) is 37.3 Å². The maximum atomic E-state index is 11.1. The molecule has 3 nitrogen and oxygen atoms in total. The van der Waals surface area contributed by atoms with Gasteiger partial charge in [0, 0.05) is 23.7 Å². The number of rotatable bonds is 4. The van der Waals surface area contributed by atoms with E-state index in [-0.39, 0.29) is 5.91 Å².